The number of hydrogen-bond donors (Lipinski definition) is 0. The van der Waals surface area contributed by atoms with Gasteiger partial charge in [-0.1, -0.05) is 17.5 Å². The number of rotatable bonds is 2. The van der Waals surface area contributed by atoms with Gasteiger partial charge < -0.3 is 4.74 Å². The lowest BCUT2D eigenvalue weighted by Gasteiger charge is -2.02. The Kier molecular flexibility index (Phi) is 2.66. The molecule has 4 nitrogen and oxygen atoms in total. The maximum absolute atomic E-state index is 5.83. The van der Waals surface area contributed by atoms with E-state index >= 15 is 0 Å². The van der Waals surface area contributed by atoms with Crippen molar-refractivity contribution in [2.24, 2.45) is 0 Å². The van der Waals surface area contributed by atoms with E-state index in [9.17, 15) is 0 Å². The van der Waals surface area contributed by atoms with Crippen molar-refractivity contribution in [1.82, 2.24) is 15.0 Å². The number of aromatic nitrogens is 3. The second kappa shape index (κ2) is 4.11. The van der Waals surface area contributed by atoms with Gasteiger partial charge in [0.1, 0.15) is 5.52 Å². The summed E-state index contributed by atoms with van der Waals surface area (Å²) in [4.78, 5) is 12.1. The minimum atomic E-state index is 0.166. The summed E-state index contributed by atoms with van der Waals surface area (Å²) in [5.41, 5.74) is 1.18. The van der Waals surface area contributed by atoms with E-state index in [-0.39, 0.29) is 6.61 Å². The SMILES string of the molecule is C#CCOc1cnc2c(Cl)nccc2n1. The number of fused-ring (bicyclic) bond motifs is 1. The standard InChI is InChI=1S/C10H6ClN3O/c1-2-5-15-8-6-13-9-7(14-8)3-4-12-10(9)11/h1,3-4,6H,5H2. The predicted molar refractivity (Wildman–Crippen MR) is 56.7 cm³/mol. The molecule has 0 bridgehead atoms. The number of nitrogens with zero attached hydrogens (tertiary/aromatic N) is 3. The van der Waals surface area contributed by atoms with E-state index in [2.05, 4.69) is 20.9 Å². The molecule has 5 heteroatoms. The molecule has 2 rings (SSSR count). The monoisotopic (exact) mass is 219 g/mol. The first-order chi connectivity index (χ1) is 7.31. The fourth-order valence-electron chi connectivity index (χ4n) is 1.08. The number of ether oxygens (including phenoxy) is 1. The number of hydrogen-bond acceptors (Lipinski definition) is 4. The van der Waals surface area contributed by atoms with Gasteiger partial charge in [-0.25, -0.2) is 15.0 Å². The third kappa shape index (κ3) is 1.97. The van der Waals surface area contributed by atoms with Gasteiger partial charge in [0.05, 0.1) is 11.7 Å². The number of halogens is 1. The first-order valence-corrected chi connectivity index (χ1v) is 4.52. The van der Waals surface area contributed by atoms with Gasteiger partial charge in [0.2, 0.25) is 5.88 Å². The van der Waals surface area contributed by atoms with E-state index < -0.39 is 0 Å². The van der Waals surface area contributed by atoms with Crippen LogP contribution in [0, 0.1) is 12.3 Å². The van der Waals surface area contributed by atoms with E-state index in [0.717, 1.165) is 0 Å². The van der Waals surface area contributed by atoms with Gasteiger partial charge in [-0.05, 0) is 6.07 Å². The molecule has 0 fully saturated rings. The molecule has 0 atom stereocenters. The van der Waals surface area contributed by atoms with Crippen LogP contribution in [0.25, 0.3) is 11.0 Å². The van der Waals surface area contributed by atoms with E-state index in [1.165, 1.54) is 6.20 Å². The molecule has 2 heterocycles. The van der Waals surface area contributed by atoms with Crippen LogP contribution in [0.5, 0.6) is 5.88 Å². The molecule has 0 N–H and O–H groups in total. The van der Waals surface area contributed by atoms with E-state index in [0.29, 0.717) is 22.1 Å². The maximum Gasteiger partial charge on any atom is 0.233 e. The van der Waals surface area contributed by atoms with Gasteiger partial charge in [0.15, 0.2) is 11.8 Å². The Labute approximate surface area is 91.3 Å². The fourth-order valence-corrected chi connectivity index (χ4v) is 1.28. The molecule has 2 aromatic heterocycles. The van der Waals surface area contributed by atoms with Gasteiger partial charge in [-0.3, -0.25) is 0 Å². The molecular formula is C10H6ClN3O. The van der Waals surface area contributed by atoms with Gasteiger partial charge in [-0.2, -0.15) is 0 Å². The number of terminal acetylenes is 1. The van der Waals surface area contributed by atoms with Crippen LogP contribution >= 0.6 is 11.6 Å². The molecule has 74 valence electrons. The highest BCUT2D eigenvalue weighted by Crippen LogP contribution is 2.18. The Morgan fingerprint density at radius 2 is 2.33 bits per heavy atom. The molecule has 0 aliphatic carbocycles. The van der Waals surface area contributed by atoms with Crippen LogP contribution in [-0.2, 0) is 0 Å². The Morgan fingerprint density at radius 1 is 1.47 bits per heavy atom. The van der Waals surface area contributed by atoms with Gasteiger partial charge in [0, 0.05) is 6.20 Å². The lowest BCUT2D eigenvalue weighted by Crippen LogP contribution is -1.97. The van der Waals surface area contributed by atoms with Crippen LogP contribution in [0.15, 0.2) is 18.5 Å². The Morgan fingerprint density at radius 3 is 3.13 bits per heavy atom. The number of pyridine rings is 1. The van der Waals surface area contributed by atoms with Crippen LogP contribution in [0.4, 0.5) is 0 Å². The van der Waals surface area contributed by atoms with Crippen LogP contribution in [0.2, 0.25) is 5.15 Å². The highest BCUT2D eigenvalue weighted by Gasteiger charge is 2.04. The predicted octanol–water partition coefficient (Wildman–Crippen LogP) is 1.69. The zero-order chi connectivity index (χ0) is 10.7. The van der Waals surface area contributed by atoms with Crippen molar-refractivity contribution >= 4 is 22.6 Å². The van der Waals surface area contributed by atoms with E-state index in [1.54, 1.807) is 12.3 Å². The lowest BCUT2D eigenvalue weighted by molar-refractivity contribution is 0.355. The topological polar surface area (TPSA) is 47.9 Å². The van der Waals surface area contributed by atoms with Crippen LogP contribution < -0.4 is 4.74 Å². The molecule has 0 saturated heterocycles. The van der Waals surface area contributed by atoms with Crippen molar-refractivity contribution in [2.75, 3.05) is 6.61 Å². The Balaban J connectivity index is 2.44. The molecule has 0 amide bonds. The second-order valence-electron chi connectivity index (χ2n) is 2.67. The Bertz CT molecular complexity index is 536. The maximum atomic E-state index is 5.83. The minimum Gasteiger partial charge on any atom is -0.463 e. The first-order valence-electron chi connectivity index (χ1n) is 4.15. The first kappa shape index (κ1) is 9.69. The highest BCUT2D eigenvalue weighted by molar-refractivity contribution is 6.33. The molecule has 0 aliphatic rings. The highest BCUT2D eigenvalue weighted by atomic mass is 35.5. The molecule has 0 saturated carbocycles. The summed E-state index contributed by atoms with van der Waals surface area (Å²) in [7, 11) is 0. The molecule has 0 aliphatic heterocycles. The third-order valence-electron chi connectivity index (χ3n) is 1.70. The zero-order valence-corrected chi connectivity index (χ0v) is 8.40. The van der Waals surface area contributed by atoms with Crippen molar-refractivity contribution in [3.8, 4) is 18.2 Å². The molecule has 0 spiro atoms. The smallest absolute Gasteiger partial charge is 0.233 e. The molecule has 0 aromatic carbocycles. The van der Waals surface area contributed by atoms with Crippen molar-refractivity contribution in [2.45, 2.75) is 0 Å². The van der Waals surface area contributed by atoms with Crippen molar-refractivity contribution in [3.63, 3.8) is 0 Å². The quantitative estimate of drug-likeness (QED) is 0.570. The molecule has 0 unspecified atom stereocenters. The van der Waals surface area contributed by atoms with Gasteiger partial charge in [-0.15, -0.1) is 6.42 Å². The minimum absolute atomic E-state index is 0.166. The third-order valence-corrected chi connectivity index (χ3v) is 1.97. The van der Waals surface area contributed by atoms with Crippen LogP contribution in [0.3, 0.4) is 0 Å². The van der Waals surface area contributed by atoms with Crippen LogP contribution in [0.1, 0.15) is 0 Å². The van der Waals surface area contributed by atoms with Crippen molar-refractivity contribution < 1.29 is 4.74 Å². The van der Waals surface area contributed by atoms with Crippen molar-refractivity contribution in [1.29, 1.82) is 0 Å². The molecule has 2 aromatic rings. The lowest BCUT2D eigenvalue weighted by atomic mass is 10.4. The summed E-state index contributed by atoms with van der Waals surface area (Å²) in [6.07, 6.45) is 8.08. The molecule has 15 heavy (non-hydrogen) atoms. The summed E-state index contributed by atoms with van der Waals surface area (Å²) in [6.45, 7) is 0.166. The summed E-state index contributed by atoms with van der Waals surface area (Å²) in [5.74, 6) is 2.72. The van der Waals surface area contributed by atoms with Gasteiger partial charge >= 0.3 is 0 Å². The normalized spacial score (nSPS) is 9.87. The van der Waals surface area contributed by atoms with E-state index in [4.69, 9.17) is 22.8 Å². The largest absolute Gasteiger partial charge is 0.463 e. The Hall–Kier alpha value is -1.86. The molecular weight excluding hydrogens is 214 g/mol. The second-order valence-corrected chi connectivity index (χ2v) is 3.03. The van der Waals surface area contributed by atoms with Crippen LogP contribution in [-0.4, -0.2) is 21.6 Å². The molecule has 0 radical (unpaired) electrons. The zero-order valence-electron chi connectivity index (χ0n) is 7.64. The van der Waals surface area contributed by atoms with E-state index in [1.807, 2.05) is 0 Å². The summed E-state index contributed by atoms with van der Waals surface area (Å²) in [6, 6.07) is 1.71. The average molecular weight is 220 g/mol. The summed E-state index contributed by atoms with van der Waals surface area (Å²) < 4.78 is 5.13. The average Bonchev–Trinajstić information content (AvgIpc) is 2.26. The fraction of sp³-hybridized carbons (Fsp3) is 0.100. The summed E-state index contributed by atoms with van der Waals surface area (Å²) in [5, 5.41) is 0.323. The van der Waals surface area contributed by atoms with Gasteiger partial charge in [0.25, 0.3) is 0 Å². The summed E-state index contributed by atoms with van der Waals surface area (Å²) >= 11 is 5.83. The van der Waals surface area contributed by atoms with Crippen molar-refractivity contribution in [3.05, 3.63) is 23.6 Å².